The Morgan fingerprint density at radius 3 is 2.53 bits per heavy atom. The Balaban J connectivity index is 0.00000363. The molecule has 0 bridgehead atoms. The van der Waals surface area contributed by atoms with Crippen molar-refractivity contribution < 1.29 is 9.53 Å². The van der Waals surface area contributed by atoms with Gasteiger partial charge in [-0.15, -0.1) is 24.0 Å². The molecule has 6 nitrogen and oxygen atoms in total. The molecule has 3 N–H and O–H groups in total. The van der Waals surface area contributed by atoms with Crippen molar-refractivity contribution in [3.05, 3.63) is 70.3 Å². The summed E-state index contributed by atoms with van der Waals surface area (Å²) >= 11 is 0. The number of amides is 1. The summed E-state index contributed by atoms with van der Waals surface area (Å²) in [6.07, 6.45) is 3.16. The van der Waals surface area contributed by atoms with E-state index in [1.807, 2.05) is 24.3 Å². The van der Waals surface area contributed by atoms with Crippen molar-refractivity contribution in [2.24, 2.45) is 4.99 Å². The smallest absolute Gasteiger partial charge is 0.251 e. The third-order valence-corrected chi connectivity index (χ3v) is 5.37. The first-order valence-corrected chi connectivity index (χ1v) is 11.0. The number of nitrogens with one attached hydrogen (secondary N) is 3. The van der Waals surface area contributed by atoms with E-state index in [4.69, 9.17) is 4.74 Å². The van der Waals surface area contributed by atoms with Gasteiger partial charge in [0.25, 0.3) is 5.91 Å². The number of halogens is 1. The third kappa shape index (κ3) is 8.43. The van der Waals surface area contributed by atoms with Crippen molar-refractivity contribution in [3.8, 4) is 0 Å². The zero-order valence-corrected chi connectivity index (χ0v) is 21.6. The van der Waals surface area contributed by atoms with Crippen LogP contribution in [0.4, 0.5) is 0 Å². The molecule has 3 rings (SSSR count). The van der Waals surface area contributed by atoms with Crippen LogP contribution < -0.4 is 16.0 Å². The fourth-order valence-electron chi connectivity index (χ4n) is 3.88. The highest BCUT2D eigenvalue weighted by molar-refractivity contribution is 14.0. The predicted molar refractivity (Wildman–Crippen MR) is 141 cm³/mol. The number of nitrogens with zero attached hydrogens (tertiary/aromatic N) is 1. The molecule has 7 heteroatoms. The van der Waals surface area contributed by atoms with Gasteiger partial charge in [-0.2, -0.15) is 0 Å². The lowest BCUT2D eigenvalue weighted by atomic mass is 10.1. The van der Waals surface area contributed by atoms with Crippen molar-refractivity contribution >= 4 is 35.8 Å². The van der Waals surface area contributed by atoms with Crippen molar-refractivity contribution in [3.63, 3.8) is 0 Å². The summed E-state index contributed by atoms with van der Waals surface area (Å²) in [5.41, 5.74) is 5.59. The number of guanidine groups is 1. The molecule has 1 aliphatic rings. The van der Waals surface area contributed by atoms with Gasteiger partial charge in [0.1, 0.15) is 0 Å². The average Bonchev–Trinajstić information content (AvgIpc) is 3.27. The van der Waals surface area contributed by atoms with Crippen LogP contribution in [-0.4, -0.2) is 44.7 Å². The van der Waals surface area contributed by atoms with Crippen LogP contribution in [0, 0.1) is 13.8 Å². The number of ether oxygens (including phenoxy) is 1. The maximum atomic E-state index is 12.4. The van der Waals surface area contributed by atoms with Crippen molar-refractivity contribution in [1.82, 2.24) is 16.0 Å². The van der Waals surface area contributed by atoms with Gasteiger partial charge in [0.2, 0.25) is 0 Å². The largest absolute Gasteiger partial charge is 0.376 e. The maximum Gasteiger partial charge on any atom is 0.251 e. The summed E-state index contributed by atoms with van der Waals surface area (Å²) in [6.45, 7) is 7.01. The molecule has 0 saturated carbocycles. The highest BCUT2D eigenvalue weighted by Gasteiger charge is 2.16. The summed E-state index contributed by atoms with van der Waals surface area (Å²) in [5.74, 6) is 0.686. The fraction of sp³-hybridized carbons (Fsp3) is 0.440. The van der Waals surface area contributed by atoms with Gasteiger partial charge in [-0.3, -0.25) is 9.79 Å². The number of aliphatic imine (C=N–C) groups is 1. The molecule has 1 heterocycles. The van der Waals surface area contributed by atoms with Gasteiger partial charge in [0, 0.05) is 38.9 Å². The van der Waals surface area contributed by atoms with E-state index in [0.717, 1.165) is 43.9 Å². The molecule has 0 spiro atoms. The van der Waals surface area contributed by atoms with E-state index in [0.29, 0.717) is 18.7 Å². The van der Waals surface area contributed by atoms with Crippen LogP contribution in [0.1, 0.15) is 45.5 Å². The van der Waals surface area contributed by atoms with Crippen LogP contribution in [0.3, 0.4) is 0 Å². The van der Waals surface area contributed by atoms with E-state index in [2.05, 4.69) is 53.0 Å². The number of hydrogen-bond donors (Lipinski definition) is 3. The molecule has 0 aromatic heterocycles. The lowest BCUT2D eigenvalue weighted by Crippen LogP contribution is -2.38. The summed E-state index contributed by atoms with van der Waals surface area (Å²) in [7, 11) is 1.76. The van der Waals surface area contributed by atoms with Gasteiger partial charge < -0.3 is 20.7 Å². The number of carbonyl (C=O) groups excluding carboxylic acids is 1. The molecule has 1 aliphatic heterocycles. The molecule has 0 radical (unpaired) electrons. The minimum absolute atomic E-state index is 0. The van der Waals surface area contributed by atoms with Gasteiger partial charge >= 0.3 is 0 Å². The maximum absolute atomic E-state index is 12.4. The molecule has 1 amide bonds. The van der Waals surface area contributed by atoms with Gasteiger partial charge in [-0.1, -0.05) is 41.5 Å². The van der Waals surface area contributed by atoms with Gasteiger partial charge in [0.15, 0.2) is 5.96 Å². The van der Waals surface area contributed by atoms with E-state index in [1.54, 1.807) is 7.05 Å². The van der Waals surface area contributed by atoms with E-state index in [9.17, 15) is 4.79 Å². The zero-order chi connectivity index (χ0) is 22.1. The van der Waals surface area contributed by atoms with Gasteiger partial charge in [0.05, 0.1) is 6.10 Å². The molecule has 174 valence electrons. The molecule has 2 aromatic rings. The topological polar surface area (TPSA) is 74.8 Å². The summed E-state index contributed by atoms with van der Waals surface area (Å²) < 4.78 is 5.57. The Morgan fingerprint density at radius 2 is 1.84 bits per heavy atom. The van der Waals surface area contributed by atoms with Gasteiger partial charge in [-0.25, -0.2) is 0 Å². The minimum Gasteiger partial charge on any atom is -0.376 e. The summed E-state index contributed by atoms with van der Waals surface area (Å²) in [4.78, 5) is 16.8. The highest BCUT2D eigenvalue weighted by Crippen LogP contribution is 2.12. The number of hydrogen-bond acceptors (Lipinski definition) is 3. The number of rotatable bonds is 8. The Morgan fingerprint density at radius 1 is 1.06 bits per heavy atom. The lowest BCUT2D eigenvalue weighted by Gasteiger charge is -2.14. The molecule has 1 unspecified atom stereocenters. The van der Waals surface area contributed by atoms with E-state index in [1.165, 1.54) is 16.7 Å². The second-order valence-corrected chi connectivity index (χ2v) is 8.14. The molecule has 0 aliphatic carbocycles. The number of carbonyl (C=O) groups is 1. The Bertz CT molecular complexity index is 890. The predicted octanol–water partition coefficient (Wildman–Crippen LogP) is 3.74. The number of aryl methyl sites for hydroxylation is 2. The van der Waals surface area contributed by atoms with E-state index >= 15 is 0 Å². The van der Waals surface area contributed by atoms with Gasteiger partial charge in [-0.05, 0) is 56.4 Å². The first-order chi connectivity index (χ1) is 15.0. The van der Waals surface area contributed by atoms with E-state index < -0.39 is 0 Å². The average molecular weight is 550 g/mol. The normalized spacial score (nSPS) is 15.7. The summed E-state index contributed by atoms with van der Waals surface area (Å²) in [5, 5.41) is 9.66. The van der Waals surface area contributed by atoms with Crippen molar-refractivity contribution in [2.75, 3.05) is 26.7 Å². The van der Waals surface area contributed by atoms with Crippen molar-refractivity contribution in [2.45, 2.75) is 45.8 Å². The second kappa shape index (κ2) is 13.4. The molecule has 32 heavy (non-hydrogen) atoms. The van der Waals surface area contributed by atoms with Crippen LogP contribution in [0.25, 0.3) is 0 Å². The van der Waals surface area contributed by atoms with E-state index in [-0.39, 0.29) is 36.0 Å². The Hall–Kier alpha value is -2.13. The first kappa shape index (κ1) is 26.1. The molecule has 2 aromatic carbocycles. The second-order valence-electron chi connectivity index (χ2n) is 8.14. The SMILES string of the molecule is CN=C(NCCc1cc(C)cc(C)c1)NCc1cccc(C(=O)NCC2CCCO2)c1.I. The molecular formula is C25H35IN4O2. The zero-order valence-electron chi connectivity index (χ0n) is 19.2. The Labute approximate surface area is 208 Å². The monoisotopic (exact) mass is 550 g/mol. The number of benzene rings is 2. The molecule has 1 saturated heterocycles. The summed E-state index contributed by atoms with van der Waals surface area (Å²) in [6, 6.07) is 14.3. The molecular weight excluding hydrogens is 515 g/mol. The molecule has 1 atom stereocenters. The Kier molecular flexibility index (Phi) is 11.0. The third-order valence-electron chi connectivity index (χ3n) is 5.37. The highest BCUT2D eigenvalue weighted by atomic mass is 127. The molecule has 1 fully saturated rings. The quantitative estimate of drug-likeness (QED) is 0.266. The van der Waals surface area contributed by atoms with Crippen LogP contribution in [0.2, 0.25) is 0 Å². The first-order valence-electron chi connectivity index (χ1n) is 11.0. The standard InChI is InChI=1S/C25H34N4O2.HI/c1-18-12-19(2)14-20(13-18)9-10-27-25(26-3)29-16-21-6-4-7-22(15-21)24(30)28-17-23-8-5-11-31-23;/h4,6-7,12-15,23H,5,8-11,16-17H2,1-3H3,(H,28,30)(H2,26,27,29);1H. The van der Waals surface area contributed by atoms with Crippen LogP contribution in [0.15, 0.2) is 47.5 Å². The van der Waals surface area contributed by atoms with Crippen molar-refractivity contribution in [1.29, 1.82) is 0 Å². The lowest BCUT2D eigenvalue weighted by molar-refractivity contribution is 0.0857. The van der Waals surface area contributed by atoms with Crippen LogP contribution in [0.5, 0.6) is 0 Å². The van der Waals surface area contributed by atoms with Crippen LogP contribution in [-0.2, 0) is 17.7 Å². The van der Waals surface area contributed by atoms with Crippen LogP contribution >= 0.6 is 24.0 Å². The fourth-order valence-corrected chi connectivity index (χ4v) is 3.88. The minimum atomic E-state index is -0.0618.